The Labute approximate surface area is 201 Å². The van der Waals surface area contributed by atoms with Crippen LogP contribution in [0.4, 0.5) is 13.2 Å². The van der Waals surface area contributed by atoms with Gasteiger partial charge in [0.25, 0.3) is 0 Å². The molecule has 0 spiro atoms. The Morgan fingerprint density at radius 1 is 0.941 bits per heavy atom. The summed E-state index contributed by atoms with van der Waals surface area (Å²) >= 11 is 0. The first-order valence-corrected chi connectivity index (χ1v) is 12.6. The molecule has 0 radical (unpaired) electrons. The van der Waals surface area contributed by atoms with Crippen LogP contribution in [-0.4, -0.2) is 6.61 Å². The van der Waals surface area contributed by atoms with E-state index in [1.165, 1.54) is 50.3 Å². The molecule has 0 bridgehead atoms. The number of benzene rings is 2. The van der Waals surface area contributed by atoms with Crippen LogP contribution in [0.15, 0.2) is 55.1 Å². The van der Waals surface area contributed by atoms with Crippen LogP contribution in [0, 0.1) is 35.2 Å². The average Bonchev–Trinajstić information content (AvgIpc) is 2.85. The van der Waals surface area contributed by atoms with E-state index >= 15 is 4.39 Å². The maximum Gasteiger partial charge on any atom is 0.201 e. The third-order valence-corrected chi connectivity index (χ3v) is 7.87. The maximum atomic E-state index is 15.1. The molecule has 0 aromatic heterocycles. The number of halogens is 3. The summed E-state index contributed by atoms with van der Waals surface area (Å²) in [5, 5.41) is 0. The normalized spacial score (nSPS) is 24.7. The van der Waals surface area contributed by atoms with Crippen molar-refractivity contribution in [3.63, 3.8) is 0 Å². The molecule has 4 atom stereocenters. The summed E-state index contributed by atoms with van der Waals surface area (Å²) in [5.74, 6) is -0.203. The Kier molecular flexibility index (Phi) is 8.18. The molecule has 34 heavy (non-hydrogen) atoms. The number of fused-ring (bicyclic) bond motifs is 1. The van der Waals surface area contributed by atoms with E-state index in [-0.39, 0.29) is 23.5 Å². The fraction of sp³-hybridized carbons (Fsp3) is 0.467. The number of allylic oxidation sites excluding steroid dienone is 2. The van der Waals surface area contributed by atoms with Crippen LogP contribution in [-0.2, 0) is 0 Å². The predicted molar refractivity (Wildman–Crippen MR) is 132 cm³/mol. The van der Waals surface area contributed by atoms with Crippen LogP contribution < -0.4 is 4.74 Å². The summed E-state index contributed by atoms with van der Waals surface area (Å²) in [6, 6.07) is 7.77. The SMILES string of the molecule is C=CCCC1CCC2CC(c3ccc(-c4ccc(OC/C=C/C)c(F)c4F)c(F)c3)CCC2C1. The lowest BCUT2D eigenvalue weighted by Crippen LogP contribution is -2.30. The quantitative estimate of drug-likeness (QED) is 0.351. The Morgan fingerprint density at radius 3 is 2.47 bits per heavy atom. The van der Waals surface area contributed by atoms with Crippen LogP contribution in [0.5, 0.6) is 5.75 Å². The molecule has 2 aromatic carbocycles. The molecule has 2 saturated carbocycles. The van der Waals surface area contributed by atoms with Gasteiger partial charge in [-0.2, -0.15) is 4.39 Å². The van der Waals surface area contributed by atoms with Gasteiger partial charge in [-0.25, -0.2) is 8.78 Å². The third-order valence-electron chi connectivity index (χ3n) is 7.87. The fourth-order valence-electron chi connectivity index (χ4n) is 5.99. The highest BCUT2D eigenvalue weighted by Crippen LogP contribution is 2.48. The zero-order chi connectivity index (χ0) is 24.1. The van der Waals surface area contributed by atoms with Crippen LogP contribution in [0.3, 0.4) is 0 Å². The van der Waals surface area contributed by atoms with Gasteiger partial charge in [-0.15, -0.1) is 6.58 Å². The second-order valence-corrected chi connectivity index (χ2v) is 9.93. The van der Waals surface area contributed by atoms with Crippen molar-refractivity contribution in [3.05, 3.63) is 78.2 Å². The minimum Gasteiger partial charge on any atom is -0.486 e. The third kappa shape index (κ3) is 5.42. The highest BCUT2D eigenvalue weighted by molar-refractivity contribution is 5.66. The first-order valence-electron chi connectivity index (χ1n) is 12.6. The average molecular weight is 469 g/mol. The zero-order valence-electron chi connectivity index (χ0n) is 20.0. The van der Waals surface area contributed by atoms with Crippen molar-refractivity contribution in [2.75, 3.05) is 6.61 Å². The fourth-order valence-corrected chi connectivity index (χ4v) is 5.99. The van der Waals surface area contributed by atoms with E-state index in [1.807, 2.05) is 19.1 Å². The van der Waals surface area contributed by atoms with E-state index in [0.29, 0.717) is 11.8 Å². The van der Waals surface area contributed by atoms with Crippen molar-refractivity contribution in [1.29, 1.82) is 0 Å². The standard InChI is InChI=1S/C30H35F3O/c1-3-5-7-20-8-9-22-18-23(11-10-21(22)17-20)24-12-13-25(27(31)19-24)26-14-15-28(30(33)29(26)32)34-16-6-4-2/h3-4,6,12-15,19-23H,1,5,7-11,16-18H2,2H3/b6-4+. The largest absolute Gasteiger partial charge is 0.486 e. The molecule has 0 N–H and O–H groups in total. The number of hydrogen-bond acceptors (Lipinski definition) is 1. The molecule has 4 unspecified atom stereocenters. The molecule has 0 heterocycles. The van der Waals surface area contributed by atoms with E-state index < -0.39 is 17.5 Å². The molecule has 2 fully saturated rings. The molecule has 2 aliphatic rings. The molecule has 4 heteroatoms. The Balaban J connectivity index is 1.45. The lowest BCUT2D eigenvalue weighted by atomic mass is 9.63. The van der Waals surface area contributed by atoms with Gasteiger partial charge in [0, 0.05) is 11.1 Å². The summed E-state index contributed by atoms with van der Waals surface area (Å²) < 4.78 is 49.6. The summed E-state index contributed by atoms with van der Waals surface area (Å²) in [4.78, 5) is 0. The van der Waals surface area contributed by atoms with E-state index in [4.69, 9.17) is 4.74 Å². The number of ether oxygens (including phenoxy) is 1. The van der Waals surface area contributed by atoms with Crippen LogP contribution in [0.25, 0.3) is 11.1 Å². The smallest absolute Gasteiger partial charge is 0.201 e. The molecule has 0 amide bonds. The van der Waals surface area contributed by atoms with E-state index in [9.17, 15) is 8.78 Å². The lowest BCUT2D eigenvalue weighted by Gasteiger charge is -2.42. The minimum atomic E-state index is -1.09. The van der Waals surface area contributed by atoms with Gasteiger partial charge in [0.2, 0.25) is 5.82 Å². The van der Waals surface area contributed by atoms with Crippen LogP contribution in [0.2, 0.25) is 0 Å². The van der Waals surface area contributed by atoms with Gasteiger partial charge in [0.15, 0.2) is 11.6 Å². The van der Waals surface area contributed by atoms with Crippen molar-refractivity contribution < 1.29 is 17.9 Å². The van der Waals surface area contributed by atoms with Crippen molar-refractivity contribution in [2.24, 2.45) is 17.8 Å². The second kappa shape index (κ2) is 11.3. The first-order chi connectivity index (χ1) is 16.5. The summed E-state index contributed by atoms with van der Waals surface area (Å²) in [6.45, 7) is 5.82. The number of hydrogen-bond donors (Lipinski definition) is 0. The number of rotatable bonds is 8. The van der Waals surface area contributed by atoms with E-state index in [0.717, 1.165) is 36.7 Å². The Hall–Kier alpha value is -2.49. The highest BCUT2D eigenvalue weighted by Gasteiger charge is 2.36. The highest BCUT2D eigenvalue weighted by atomic mass is 19.2. The Bertz CT molecular complexity index is 1030. The van der Waals surface area contributed by atoms with Gasteiger partial charge in [0.1, 0.15) is 12.4 Å². The van der Waals surface area contributed by atoms with Gasteiger partial charge >= 0.3 is 0 Å². The van der Waals surface area contributed by atoms with Crippen molar-refractivity contribution in [2.45, 2.75) is 64.2 Å². The predicted octanol–water partition coefficient (Wildman–Crippen LogP) is 8.99. The maximum absolute atomic E-state index is 15.1. The molecule has 4 rings (SSSR count). The monoisotopic (exact) mass is 468 g/mol. The molecular weight excluding hydrogens is 433 g/mol. The minimum absolute atomic E-state index is 0.0802. The summed E-state index contributed by atoms with van der Waals surface area (Å²) in [7, 11) is 0. The molecule has 2 aliphatic carbocycles. The summed E-state index contributed by atoms with van der Waals surface area (Å²) in [6.07, 6.45) is 15.1. The second-order valence-electron chi connectivity index (χ2n) is 9.93. The molecule has 2 aromatic rings. The molecule has 182 valence electrons. The zero-order valence-corrected chi connectivity index (χ0v) is 20.0. The summed E-state index contributed by atoms with van der Waals surface area (Å²) in [5.41, 5.74) is 0.971. The first kappa shape index (κ1) is 24.6. The van der Waals surface area contributed by atoms with Crippen molar-refractivity contribution >= 4 is 0 Å². The van der Waals surface area contributed by atoms with Gasteiger partial charge in [0.05, 0.1) is 0 Å². The van der Waals surface area contributed by atoms with Crippen molar-refractivity contribution in [3.8, 4) is 16.9 Å². The molecule has 0 aliphatic heterocycles. The van der Waals surface area contributed by atoms with E-state index in [1.54, 1.807) is 18.2 Å². The van der Waals surface area contributed by atoms with Crippen LogP contribution in [0.1, 0.15) is 69.8 Å². The molecule has 0 saturated heterocycles. The topological polar surface area (TPSA) is 9.23 Å². The Morgan fingerprint density at radius 2 is 1.71 bits per heavy atom. The van der Waals surface area contributed by atoms with Gasteiger partial charge in [-0.05, 0) is 99.3 Å². The van der Waals surface area contributed by atoms with Gasteiger partial charge in [-0.3, -0.25) is 0 Å². The van der Waals surface area contributed by atoms with Crippen LogP contribution >= 0.6 is 0 Å². The molecule has 1 nitrogen and oxygen atoms in total. The van der Waals surface area contributed by atoms with E-state index in [2.05, 4.69) is 6.58 Å². The van der Waals surface area contributed by atoms with Gasteiger partial charge in [-0.1, -0.05) is 36.8 Å². The van der Waals surface area contributed by atoms with Crippen molar-refractivity contribution in [1.82, 2.24) is 0 Å². The lowest BCUT2D eigenvalue weighted by molar-refractivity contribution is 0.115. The van der Waals surface area contributed by atoms with Gasteiger partial charge < -0.3 is 4.74 Å². The molecular formula is C30H35F3O.